The van der Waals surface area contributed by atoms with Crippen molar-refractivity contribution in [2.24, 2.45) is 0 Å². The fraction of sp³-hybridized carbons (Fsp3) is 0.478. The third kappa shape index (κ3) is 5.72. The largest absolute Gasteiger partial charge is 0.493 e. The van der Waals surface area contributed by atoms with Crippen molar-refractivity contribution in [3.63, 3.8) is 0 Å². The first-order chi connectivity index (χ1) is 13.3. The molecular formula is C23H31NO3. The molecule has 3 rings (SSSR count). The van der Waals surface area contributed by atoms with Crippen LogP contribution in [0.4, 0.5) is 0 Å². The number of likely N-dealkylation sites (tertiary alicyclic amines) is 1. The van der Waals surface area contributed by atoms with Crippen LogP contribution in [0.3, 0.4) is 0 Å². The molecule has 1 aliphatic rings. The molecule has 1 aliphatic heterocycles. The van der Waals surface area contributed by atoms with E-state index in [0.29, 0.717) is 6.04 Å². The van der Waals surface area contributed by atoms with Crippen LogP contribution in [-0.2, 0) is 17.6 Å². The van der Waals surface area contributed by atoms with Crippen LogP contribution >= 0.6 is 0 Å². The van der Waals surface area contributed by atoms with E-state index < -0.39 is 0 Å². The molecule has 146 valence electrons. The Hall–Kier alpha value is -2.04. The Kier molecular flexibility index (Phi) is 7.55. The van der Waals surface area contributed by atoms with Crippen LogP contribution in [0.2, 0.25) is 0 Å². The molecular weight excluding hydrogens is 338 g/mol. The highest BCUT2D eigenvalue weighted by atomic mass is 16.7. The lowest BCUT2D eigenvalue weighted by Gasteiger charge is -2.20. The SMILES string of the molecule is COCOc1ccccc1CCc1ccccc1OCCC1CCCN1C. The molecule has 0 N–H and O–H groups in total. The smallest absolute Gasteiger partial charge is 0.188 e. The summed E-state index contributed by atoms with van der Waals surface area (Å²) in [6.07, 6.45) is 5.53. The average Bonchev–Trinajstić information content (AvgIpc) is 3.11. The third-order valence-corrected chi connectivity index (χ3v) is 5.32. The second-order valence-electron chi connectivity index (χ2n) is 7.18. The van der Waals surface area contributed by atoms with Gasteiger partial charge in [0.05, 0.1) is 6.61 Å². The van der Waals surface area contributed by atoms with Gasteiger partial charge < -0.3 is 19.1 Å². The maximum Gasteiger partial charge on any atom is 0.188 e. The normalized spacial score (nSPS) is 17.2. The third-order valence-electron chi connectivity index (χ3n) is 5.32. The summed E-state index contributed by atoms with van der Waals surface area (Å²) in [6.45, 7) is 2.26. The number of aryl methyl sites for hydroxylation is 2. The Balaban J connectivity index is 1.56. The Morgan fingerprint density at radius 2 is 1.56 bits per heavy atom. The topological polar surface area (TPSA) is 30.9 Å². The van der Waals surface area contributed by atoms with Gasteiger partial charge in [0, 0.05) is 13.2 Å². The van der Waals surface area contributed by atoms with Crippen molar-refractivity contribution in [3.05, 3.63) is 59.7 Å². The van der Waals surface area contributed by atoms with E-state index in [2.05, 4.69) is 48.3 Å². The van der Waals surface area contributed by atoms with Crippen LogP contribution in [0, 0.1) is 0 Å². The molecule has 1 unspecified atom stereocenters. The maximum absolute atomic E-state index is 6.15. The Morgan fingerprint density at radius 3 is 2.15 bits per heavy atom. The molecule has 2 aromatic rings. The van der Waals surface area contributed by atoms with E-state index >= 15 is 0 Å². The van der Waals surface area contributed by atoms with Gasteiger partial charge in [-0.3, -0.25) is 0 Å². The number of hydrogen-bond donors (Lipinski definition) is 0. The van der Waals surface area contributed by atoms with Gasteiger partial charge in [0.1, 0.15) is 11.5 Å². The summed E-state index contributed by atoms with van der Waals surface area (Å²) in [5.74, 6) is 1.90. The molecule has 1 atom stereocenters. The number of para-hydroxylation sites is 2. The molecule has 0 bridgehead atoms. The van der Waals surface area contributed by atoms with Crippen molar-refractivity contribution in [3.8, 4) is 11.5 Å². The fourth-order valence-corrected chi connectivity index (χ4v) is 3.74. The molecule has 0 aliphatic carbocycles. The number of nitrogens with zero attached hydrogens (tertiary/aromatic N) is 1. The molecule has 2 aromatic carbocycles. The van der Waals surface area contributed by atoms with Crippen LogP contribution in [-0.4, -0.2) is 45.0 Å². The molecule has 1 saturated heterocycles. The van der Waals surface area contributed by atoms with Crippen molar-refractivity contribution in [2.45, 2.75) is 38.1 Å². The fourth-order valence-electron chi connectivity index (χ4n) is 3.74. The first kappa shape index (κ1) is 19.7. The molecule has 4 heteroatoms. The summed E-state index contributed by atoms with van der Waals surface area (Å²) >= 11 is 0. The zero-order valence-electron chi connectivity index (χ0n) is 16.5. The van der Waals surface area contributed by atoms with Gasteiger partial charge in [-0.2, -0.15) is 0 Å². The molecule has 1 fully saturated rings. The summed E-state index contributed by atoms with van der Waals surface area (Å²) in [7, 11) is 3.86. The van der Waals surface area contributed by atoms with E-state index in [1.165, 1.54) is 30.5 Å². The van der Waals surface area contributed by atoms with E-state index in [1.54, 1.807) is 7.11 Å². The van der Waals surface area contributed by atoms with Crippen LogP contribution in [0.5, 0.6) is 11.5 Å². The predicted octanol–water partition coefficient (Wildman–Crippen LogP) is 4.32. The first-order valence-corrected chi connectivity index (χ1v) is 9.88. The van der Waals surface area contributed by atoms with Crippen LogP contribution in [0.15, 0.2) is 48.5 Å². The van der Waals surface area contributed by atoms with Crippen LogP contribution in [0.25, 0.3) is 0 Å². The molecule has 0 saturated carbocycles. The van der Waals surface area contributed by atoms with Gasteiger partial charge in [0.2, 0.25) is 0 Å². The van der Waals surface area contributed by atoms with Crippen LogP contribution < -0.4 is 9.47 Å². The highest BCUT2D eigenvalue weighted by Crippen LogP contribution is 2.25. The highest BCUT2D eigenvalue weighted by molar-refractivity contribution is 5.37. The van der Waals surface area contributed by atoms with Crippen molar-refractivity contribution < 1.29 is 14.2 Å². The molecule has 4 nitrogen and oxygen atoms in total. The van der Waals surface area contributed by atoms with E-state index in [1.807, 2.05) is 12.1 Å². The van der Waals surface area contributed by atoms with Crippen molar-refractivity contribution in [2.75, 3.05) is 34.1 Å². The quantitative estimate of drug-likeness (QED) is 0.584. The summed E-state index contributed by atoms with van der Waals surface area (Å²) in [5, 5.41) is 0. The van der Waals surface area contributed by atoms with Crippen molar-refractivity contribution >= 4 is 0 Å². The Bertz CT molecular complexity index is 704. The number of hydrogen-bond acceptors (Lipinski definition) is 4. The maximum atomic E-state index is 6.15. The lowest BCUT2D eigenvalue weighted by atomic mass is 10.0. The van der Waals surface area contributed by atoms with Gasteiger partial charge >= 0.3 is 0 Å². The second kappa shape index (κ2) is 10.3. The Labute approximate surface area is 163 Å². The molecule has 0 spiro atoms. The highest BCUT2D eigenvalue weighted by Gasteiger charge is 2.20. The lowest BCUT2D eigenvalue weighted by Crippen LogP contribution is -2.26. The average molecular weight is 370 g/mol. The monoisotopic (exact) mass is 369 g/mol. The second-order valence-corrected chi connectivity index (χ2v) is 7.18. The van der Waals surface area contributed by atoms with Gasteiger partial charge in [-0.15, -0.1) is 0 Å². The Morgan fingerprint density at radius 1 is 0.926 bits per heavy atom. The number of rotatable bonds is 10. The van der Waals surface area contributed by atoms with Gasteiger partial charge in [-0.25, -0.2) is 0 Å². The molecule has 1 heterocycles. The van der Waals surface area contributed by atoms with E-state index in [4.69, 9.17) is 14.2 Å². The number of benzene rings is 2. The summed E-state index contributed by atoms with van der Waals surface area (Å²) in [4.78, 5) is 2.45. The molecule has 0 amide bonds. The minimum absolute atomic E-state index is 0.270. The van der Waals surface area contributed by atoms with Crippen LogP contribution in [0.1, 0.15) is 30.4 Å². The summed E-state index contributed by atoms with van der Waals surface area (Å²) < 4.78 is 16.9. The van der Waals surface area contributed by atoms with Gasteiger partial charge in [0.25, 0.3) is 0 Å². The summed E-state index contributed by atoms with van der Waals surface area (Å²) in [6, 6.07) is 17.2. The standard InChI is InChI=1S/C23H31NO3/c1-24-16-7-10-21(24)15-17-26-22-11-5-3-8-19(22)13-14-20-9-4-6-12-23(20)27-18-25-2/h3-6,8-9,11-12,21H,7,10,13-18H2,1-2H3. The molecule has 27 heavy (non-hydrogen) atoms. The van der Waals surface area contributed by atoms with E-state index in [9.17, 15) is 0 Å². The van der Waals surface area contributed by atoms with E-state index in [0.717, 1.165) is 37.4 Å². The predicted molar refractivity (Wildman–Crippen MR) is 109 cm³/mol. The zero-order valence-corrected chi connectivity index (χ0v) is 16.5. The van der Waals surface area contributed by atoms with Crippen molar-refractivity contribution in [1.29, 1.82) is 0 Å². The lowest BCUT2D eigenvalue weighted by molar-refractivity contribution is 0.0504. The number of ether oxygens (including phenoxy) is 3. The molecule has 0 aromatic heterocycles. The number of methoxy groups -OCH3 is 1. The van der Waals surface area contributed by atoms with E-state index in [-0.39, 0.29) is 6.79 Å². The van der Waals surface area contributed by atoms with Gasteiger partial charge in [0.15, 0.2) is 6.79 Å². The minimum Gasteiger partial charge on any atom is -0.493 e. The van der Waals surface area contributed by atoms with Crippen molar-refractivity contribution in [1.82, 2.24) is 4.90 Å². The first-order valence-electron chi connectivity index (χ1n) is 9.88. The van der Waals surface area contributed by atoms with Gasteiger partial charge in [-0.05, 0) is 69.0 Å². The minimum atomic E-state index is 0.270. The zero-order chi connectivity index (χ0) is 18.9. The summed E-state index contributed by atoms with van der Waals surface area (Å²) in [5.41, 5.74) is 2.44. The van der Waals surface area contributed by atoms with Gasteiger partial charge in [-0.1, -0.05) is 36.4 Å². The molecule has 0 radical (unpaired) electrons.